The number of allylic oxidation sites excluding steroid dienone is 6. The van der Waals surface area contributed by atoms with Crippen molar-refractivity contribution in [3.63, 3.8) is 0 Å². The van der Waals surface area contributed by atoms with E-state index >= 15 is 0 Å². The summed E-state index contributed by atoms with van der Waals surface area (Å²) in [6.07, 6.45) is 12.8. The lowest BCUT2D eigenvalue weighted by atomic mass is 9.61. The van der Waals surface area contributed by atoms with Crippen molar-refractivity contribution in [3.05, 3.63) is 197 Å². The van der Waals surface area contributed by atoms with E-state index in [2.05, 4.69) is 174 Å². The van der Waals surface area contributed by atoms with E-state index in [9.17, 15) is 0 Å². The number of fused-ring (bicyclic) bond motifs is 10. The normalized spacial score (nSPS) is 18.2. The second-order valence-electron chi connectivity index (χ2n) is 13.9. The summed E-state index contributed by atoms with van der Waals surface area (Å²) in [5, 5.41) is 6.00. The fraction of sp³-hybridized carbons (Fsp3) is 0.0833. The number of rotatable bonds is 3. The van der Waals surface area contributed by atoms with Crippen molar-refractivity contribution in [2.75, 3.05) is 6.54 Å². The van der Waals surface area contributed by atoms with Gasteiger partial charge in [0.2, 0.25) is 0 Å². The molecular weight excluding hydrogens is 637 g/mol. The molecule has 1 aromatic heterocycles. The highest BCUT2D eigenvalue weighted by Gasteiger charge is 2.51. The molecule has 3 aliphatic heterocycles. The van der Waals surface area contributed by atoms with Gasteiger partial charge in [-0.3, -0.25) is 0 Å². The van der Waals surface area contributed by atoms with E-state index in [0.29, 0.717) is 0 Å². The van der Waals surface area contributed by atoms with E-state index in [1.54, 1.807) is 0 Å². The Hall–Kier alpha value is -6.52. The second kappa shape index (κ2) is 11.2. The van der Waals surface area contributed by atoms with Crippen LogP contribution in [0.1, 0.15) is 35.1 Å². The fourth-order valence-electron chi connectivity index (χ4n) is 8.99. The van der Waals surface area contributed by atoms with E-state index in [1.807, 2.05) is 0 Å². The van der Waals surface area contributed by atoms with Crippen molar-refractivity contribution < 1.29 is 9.47 Å². The van der Waals surface area contributed by atoms with Gasteiger partial charge >= 0.3 is 0 Å². The fourth-order valence-corrected chi connectivity index (χ4v) is 8.99. The molecule has 4 heteroatoms. The van der Waals surface area contributed by atoms with Gasteiger partial charge in [0.1, 0.15) is 23.0 Å². The van der Waals surface area contributed by atoms with Gasteiger partial charge in [0.25, 0.3) is 0 Å². The van der Waals surface area contributed by atoms with Crippen LogP contribution in [-0.2, 0) is 5.41 Å². The number of nitrogens with zero attached hydrogens (tertiary/aromatic N) is 1. The van der Waals surface area contributed by atoms with Crippen LogP contribution in [0.25, 0.3) is 44.3 Å². The second-order valence-corrected chi connectivity index (χ2v) is 13.9. The molecule has 248 valence electrons. The molecule has 0 fully saturated rings. The monoisotopic (exact) mass is 670 g/mol. The molecule has 52 heavy (non-hydrogen) atoms. The molecule has 0 amide bonds. The summed E-state index contributed by atoms with van der Waals surface area (Å²) >= 11 is 0. The minimum absolute atomic E-state index is 0.611. The lowest BCUT2D eigenvalue weighted by molar-refractivity contribution is 0.351. The van der Waals surface area contributed by atoms with Gasteiger partial charge in [0.15, 0.2) is 0 Å². The van der Waals surface area contributed by atoms with Gasteiger partial charge in [-0.2, -0.15) is 0 Å². The van der Waals surface area contributed by atoms with Crippen LogP contribution in [-0.4, -0.2) is 11.1 Å². The molecule has 0 saturated heterocycles. The summed E-state index contributed by atoms with van der Waals surface area (Å²) < 4.78 is 16.2. The predicted octanol–water partition coefficient (Wildman–Crippen LogP) is 11.4. The standard InChI is InChI=1S/C48H34N2O2/c1-2-13-33(14-3-1)50-42-21-7-4-15-35(42)36-17-12-16-34(47(36)50)31-24-26-39-45(29-31)51-43-22-8-5-18-37(43)48(39)38-19-6-9-23-44(38)52-46-30-32(25-27-40(46)48)41-20-10-11-28-49-41/h1-8,10-22,24-27,29-30,49H,9,23,28H2. The maximum atomic E-state index is 6.95. The summed E-state index contributed by atoms with van der Waals surface area (Å²) in [5.74, 6) is 3.66. The van der Waals surface area contributed by atoms with Crippen molar-refractivity contribution in [2.45, 2.75) is 18.3 Å². The first-order chi connectivity index (χ1) is 25.8. The van der Waals surface area contributed by atoms with Crippen LogP contribution in [0.4, 0.5) is 0 Å². The van der Waals surface area contributed by atoms with E-state index < -0.39 is 5.41 Å². The van der Waals surface area contributed by atoms with Crippen LogP contribution in [0.2, 0.25) is 0 Å². The number of nitrogens with one attached hydrogen (secondary N) is 1. The zero-order valence-corrected chi connectivity index (χ0v) is 28.5. The Morgan fingerprint density at radius 3 is 2.25 bits per heavy atom. The highest BCUT2D eigenvalue weighted by atomic mass is 16.5. The molecule has 0 radical (unpaired) electrons. The number of hydrogen-bond acceptors (Lipinski definition) is 3. The largest absolute Gasteiger partial charge is 0.461 e. The minimum atomic E-state index is -0.611. The summed E-state index contributed by atoms with van der Waals surface area (Å²) in [7, 11) is 0. The Morgan fingerprint density at radius 2 is 1.37 bits per heavy atom. The van der Waals surface area contributed by atoms with Gasteiger partial charge in [-0.15, -0.1) is 0 Å². The molecule has 7 aromatic rings. The van der Waals surface area contributed by atoms with Gasteiger partial charge in [-0.25, -0.2) is 0 Å². The maximum Gasteiger partial charge on any atom is 0.132 e. The van der Waals surface area contributed by atoms with E-state index in [-0.39, 0.29) is 0 Å². The first-order valence-electron chi connectivity index (χ1n) is 18.1. The van der Waals surface area contributed by atoms with Crippen molar-refractivity contribution in [2.24, 2.45) is 0 Å². The Labute approximate surface area is 302 Å². The number of para-hydroxylation sites is 4. The highest BCUT2D eigenvalue weighted by molar-refractivity contribution is 6.13. The lowest BCUT2D eigenvalue weighted by Crippen LogP contribution is -2.39. The van der Waals surface area contributed by atoms with Crippen molar-refractivity contribution in [3.8, 4) is 34.1 Å². The molecule has 1 spiro atoms. The Morgan fingerprint density at radius 1 is 0.615 bits per heavy atom. The Kier molecular flexibility index (Phi) is 6.32. The third kappa shape index (κ3) is 4.09. The Balaban J connectivity index is 1.17. The van der Waals surface area contributed by atoms with Gasteiger partial charge < -0.3 is 19.4 Å². The molecule has 0 bridgehead atoms. The smallest absolute Gasteiger partial charge is 0.132 e. The molecular formula is C48H34N2O2. The lowest BCUT2D eigenvalue weighted by Gasteiger charge is -2.46. The third-order valence-electron chi connectivity index (χ3n) is 11.2. The van der Waals surface area contributed by atoms with Crippen LogP contribution in [0.15, 0.2) is 175 Å². The number of dihydropyridines is 1. The topological polar surface area (TPSA) is 35.4 Å². The molecule has 6 aromatic carbocycles. The van der Waals surface area contributed by atoms with E-state index in [1.165, 1.54) is 27.4 Å². The van der Waals surface area contributed by atoms with Gasteiger partial charge in [0, 0.05) is 68.5 Å². The predicted molar refractivity (Wildman–Crippen MR) is 210 cm³/mol. The van der Waals surface area contributed by atoms with Gasteiger partial charge in [0.05, 0.1) is 16.4 Å². The summed E-state index contributed by atoms with van der Waals surface area (Å²) in [5.41, 5.74) is 12.0. The number of hydrogen-bond donors (Lipinski definition) is 1. The van der Waals surface area contributed by atoms with Crippen LogP contribution >= 0.6 is 0 Å². The Bertz CT molecular complexity index is 2750. The summed E-state index contributed by atoms with van der Waals surface area (Å²) in [4.78, 5) is 0. The zero-order chi connectivity index (χ0) is 34.2. The molecule has 1 N–H and O–H groups in total. The van der Waals surface area contributed by atoms with Crippen molar-refractivity contribution in [1.29, 1.82) is 0 Å². The third-order valence-corrected chi connectivity index (χ3v) is 11.2. The molecule has 1 aliphatic carbocycles. The maximum absolute atomic E-state index is 6.95. The molecule has 4 nitrogen and oxygen atoms in total. The average Bonchev–Trinajstić information content (AvgIpc) is 3.56. The number of benzene rings is 6. The summed E-state index contributed by atoms with van der Waals surface area (Å²) in [6, 6.07) is 48.2. The van der Waals surface area contributed by atoms with Crippen LogP contribution < -0.4 is 14.8 Å². The molecule has 11 rings (SSSR count). The average molecular weight is 671 g/mol. The van der Waals surface area contributed by atoms with Gasteiger partial charge in [-0.1, -0.05) is 121 Å². The zero-order valence-electron chi connectivity index (χ0n) is 28.5. The number of aromatic nitrogens is 1. The van der Waals surface area contributed by atoms with E-state index in [0.717, 1.165) is 87.2 Å². The molecule has 0 saturated carbocycles. The van der Waals surface area contributed by atoms with Gasteiger partial charge in [-0.05, 0) is 54.5 Å². The number of ether oxygens (including phenoxy) is 2. The first-order valence-corrected chi connectivity index (χ1v) is 18.1. The van der Waals surface area contributed by atoms with Crippen LogP contribution in [0, 0.1) is 0 Å². The molecule has 4 heterocycles. The van der Waals surface area contributed by atoms with E-state index in [4.69, 9.17) is 9.47 Å². The SMILES string of the molecule is C1=CCNC(c2ccc3c(c2)OC2=C(C=CCC2)C32c3ccccc3Oc3cc(-c4cccc5c6ccccc6n(-c6ccccc6)c45)ccc32)=C1. The minimum Gasteiger partial charge on any atom is -0.461 e. The molecule has 1 unspecified atom stereocenters. The van der Waals surface area contributed by atoms with Crippen LogP contribution in [0.3, 0.4) is 0 Å². The quantitative estimate of drug-likeness (QED) is 0.203. The van der Waals surface area contributed by atoms with Crippen molar-refractivity contribution >= 4 is 27.5 Å². The molecule has 1 atom stereocenters. The van der Waals surface area contributed by atoms with Crippen molar-refractivity contribution in [1.82, 2.24) is 9.88 Å². The molecule has 4 aliphatic rings. The highest BCUT2D eigenvalue weighted by Crippen LogP contribution is 2.61. The van der Waals surface area contributed by atoms with Crippen LogP contribution in [0.5, 0.6) is 17.2 Å². The first kappa shape index (κ1) is 29.2. The summed E-state index contributed by atoms with van der Waals surface area (Å²) in [6.45, 7) is 0.814.